The van der Waals surface area contributed by atoms with Gasteiger partial charge in [-0.25, -0.2) is 0 Å². The normalized spacial score (nSPS) is 13.0. The third kappa shape index (κ3) is 17.8. The number of allylic oxidation sites excluding steroid dienone is 2. The minimum absolute atomic E-state index is 0.454. The van der Waals surface area contributed by atoms with Gasteiger partial charge in [0.25, 0.3) is 0 Å². The maximum absolute atomic E-state index is 5.55. The van der Waals surface area contributed by atoms with Gasteiger partial charge >= 0.3 is 0 Å². The molecule has 0 aromatic carbocycles. The summed E-state index contributed by atoms with van der Waals surface area (Å²) < 4.78 is 5.55. The van der Waals surface area contributed by atoms with Crippen molar-refractivity contribution in [1.29, 1.82) is 0 Å². The molecule has 1 atom stereocenters. The third-order valence-corrected chi connectivity index (χ3v) is 4.32. The molecule has 0 fully saturated rings. The van der Waals surface area contributed by atoms with Crippen LogP contribution in [0.5, 0.6) is 0 Å². The quantitative estimate of drug-likeness (QED) is 0.200. The van der Waals surface area contributed by atoms with E-state index < -0.39 is 0 Å². The van der Waals surface area contributed by atoms with Gasteiger partial charge in [-0.05, 0) is 46.0 Å². The molecule has 0 spiro atoms. The largest absolute Gasteiger partial charge is 0.379 e. The predicted molar refractivity (Wildman–Crippen MR) is 101 cm³/mol. The first-order valence-electron chi connectivity index (χ1n) is 10.1. The highest BCUT2D eigenvalue weighted by atomic mass is 16.5. The molecular weight excluding hydrogens is 268 g/mol. The topological polar surface area (TPSA) is 9.23 Å². The maximum Gasteiger partial charge on any atom is 0.0546 e. The first-order valence-corrected chi connectivity index (χ1v) is 10.1. The van der Waals surface area contributed by atoms with Crippen LogP contribution in [-0.4, -0.2) is 12.7 Å². The van der Waals surface area contributed by atoms with E-state index >= 15 is 0 Å². The van der Waals surface area contributed by atoms with Gasteiger partial charge in [-0.1, -0.05) is 76.9 Å². The Hall–Kier alpha value is -0.300. The Morgan fingerprint density at radius 2 is 1.18 bits per heavy atom. The van der Waals surface area contributed by atoms with Crippen molar-refractivity contribution in [2.24, 2.45) is 0 Å². The molecule has 1 unspecified atom stereocenters. The second-order valence-electron chi connectivity index (χ2n) is 6.64. The van der Waals surface area contributed by atoms with E-state index in [9.17, 15) is 0 Å². The zero-order valence-corrected chi connectivity index (χ0v) is 15.7. The molecule has 0 aromatic heterocycles. The Labute approximate surface area is 140 Å². The van der Waals surface area contributed by atoms with E-state index in [0.717, 1.165) is 6.61 Å². The zero-order chi connectivity index (χ0) is 16.3. The minimum atomic E-state index is 0.454. The van der Waals surface area contributed by atoms with E-state index in [2.05, 4.69) is 32.9 Å². The van der Waals surface area contributed by atoms with Gasteiger partial charge in [0.15, 0.2) is 0 Å². The van der Waals surface area contributed by atoms with Gasteiger partial charge in [0.2, 0.25) is 0 Å². The lowest BCUT2D eigenvalue weighted by Gasteiger charge is -2.10. The lowest BCUT2D eigenvalue weighted by atomic mass is 10.1. The van der Waals surface area contributed by atoms with Crippen molar-refractivity contribution < 1.29 is 4.74 Å². The molecule has 0 saturated heterocycles. The Morgan fingerprint density at radius 3 is 1.73 bits per heavy atom. The first kappa shape index (κ1) is 21.7. The second-order valence-corrected chi connectivity index (χ2v) is 6.64. The Balaban J connectivity index is 3.11. The van der Waals surface area contributed by atoms with Gasteiger partial charge in [-0.15, -0.1) is 0 Å². The molecule has 0 amide bonds. The van der Waals surface area contributed by atoms with Gasteiger partial charge in [-0.3, -0.25) is 0 Å². The van der Waals surface area contributed by atoms with Gasteiger partial charge in [0.1, 0.15) is 0 Å². The summed E-state index contributed by atoms with van der Waals surface area (Å²) in [7, 11) is 0. The van der Waals surface area contributed by atoms with Crippen LogP contribution in [-0.2, 0) is 4.74 Å². The Kier molecular flexibility index (Phi) is 18.5. The summed E-state index contributed by atoms with van der Waals surface area (Å²) in [6.07, 6.45) is 24.4. The van der Waals surface area contributed by atoms with Crippen LogP contribution < -0.4 is 0 Å². The fraction of sp³-hybridized carbons (Fsp3) is 0.905. The molecule has 0 aliphatic carbocycles. The van der Waals surface area contributed by atoms with Gasteiger partial charge in [-0.2, -0.15) is 0 Å². The second kappa shape index (κ2) is 18.7. The minimum Gasteiger partial charge on any atom is -0.379 e. The molecule has 0 saturated carbocycles. The Bertz CT molecular complexity index is 222. The molecule has 0 aliphatic rings. The predicted octanol–water partition coefficient (Wildman–Crippen LogP) is 7.45. The summed E-state index contributed by atoms with van der Waals surface area (Å²) in [6, 6.07) is 0. The molecule has 1 nitrogen and oxygen atoms in total. The fourth-order valence-electron chi connectivity index (χ4n) is 2.87. The van der Waals surface area contributed by atoms with E-state index in [1.807, 2.05) is 0 Å². The number of hydrogen-bond donors (Lipinski definition) is 0. The highest BCUT2D eigenvalue weighted by molar-refractivity contribution is 4.81. The summed E-state index contributed by atoms with van der Waals surface area (Å²) in [4.78, 5) is 0. The Morgan fingerprint density at radius 1 is 0.682 bits per heavy atom. The molecule has 0 heterocycles. The van der Waals surface area contributed by atoms with E-state index in [0.29, 0.717) is 6.10 Å². The summed E-state index contributed by atoms with van der Waals surface area (Å²) in [6.45, 7) is 7.41. The number of hydrogen-bond acceptors (Lipinski definition) is 1. The number of ether oxygens (including phenoxy) is 1. The van der Waals surface area contributed by atoms with E-state index in [4.69, 9.17) is 4.74 Å². The smallest absolute Gasteiger partial charge is 0.0546 e. The first-order chi connectivity index (χ1) is 10.8. The molecule has 0 radical (unpaired) electrons. The molecule has 1 heteroatoms. The van der Waals surface area contributed by atoms with E-state index in [-0.39, 0.29) is 0 Å². The maximum atomic E-state index is 5.55. The summed E-state index contributed by atoms with van der Waals surface area (Å²) >= 11 is 0. The van der Waals surface area contributed by atoms with Crippen LogP contribution >= 0.6 is 0 Å². The number of unbranched alkanes of at least 4 members (excludes halogenated alkanes) is 11. The van der Waals surface area contributed by atoms with Crippen LogP contribution in [0.3, 0.4) is 0 Å². The summed E-state index contributed by atoms with van der Waals surface area (Å²) in [5.74, 6) is 0. The monoisotopic (exact) mass is 310 g/mol. The summed E-state index contributed by atoms with van der Waals surface area (Å²) in [5, 5.41) is 0. The standard InChI is InChI=1S/C21H42O/c1-4-6-7-8-9-10-11-12-13-14-15-16-17-18-19-20-21(3)22-5-2/h12-13,21H,4-11,14-20H2,1-3H3/b13-12-. The lowest BCUT2D eigenvalue weighted by Crippen LogP contribution is -2.07. The third-order valence-electron chi connectivity index (χ3n) is 4.32. The molecule has 22 heavy (non-hydrogen) atoms. The van der Waals surface area contributed by atoms with Crippen LogP contribution in [0, 0.1) is 0 Å². The van der Waals surface area contributed by atoms with Crippen molar-refractivity contribution in [2.45, 2.75) is 117 Å². The molecule has 132 valence electrons. The van der Waals surface area contributed by atoms with E-state index in [1.165, 1.54) is 89.9 Å². The molecule has 0 bridgehead atoms. The highest BCUT2D eigenvalue weighted by Crippen LogP contribution is 2.11. The molecular formula is C21H42O. The average Bonchev–Trinajstić information content (AvgIpc) is 2.51. The molecule has 0 aliphatic heterocycles. The van der Waals surface area contributed by atoms with Crippen LogP contribution in [0.4, 0.5) is 0 Å². The van der Waals surface area contributed by atoms with Gasteiger partial charge in [0, 0.05) is 6.61 Å². The van der Waals surface area contributed by atoms with Gasteiger partial charge in [0.05, 0.1) is 6.10 Å². The van der Waals surface area contributed by atoms with Crippen molar-refractivity contribution in [2.75, 3.05) is 6.61 Å². The molecule has 0 rings (SSSR count). The van der Waals surface area contributed by atoms with Crippen molar-refractivity contribution in [3.63, 3.8) is 0 Å². The number of rotatable bonds is 17. The van der Waals surface area contributed by atoms with Crippen LogP contribution in [0.15, 0.2) is 12.2 Å². The summed E-state index contributed by atoms with van der Waals surface area (Å²) in [5.41, 5.74) is 0. The SMILES string of the molecule is CCCCCCCC/C=C\CCCCCCCC(C)OCC. The van der Waals surface area contributed by atoms with E-state index in [1.54, 1.807) is 0 Å². The van der Waals surface area contributed by atoms with Crippen molar-refractivity contribution in [3.05, 3.63) is 12.2 Å². The average molecular weight is 311 g/mol. The molecule has 0 N–H and O–H groups in total. The van der Waals surface area contributed by atoms with Crippen molar-refractivity contribution >= 4 is 0 Å². The van der Waals surface area contributed by atoms with Crippen LogP contribution in [0.25, 0.3) is 0 Å². The van der Waals surface area contributed by atoms with Gasteiger partial charge < -0.3 is 4.74 Å². The molecule has 0 aromatic rings. The fourth-order valence-corrected chi connectivity index (χ4v) is 2.87. The van der Waals surface area contributed by atoms with Crippen molar-refractivity contribution in [1.82, 2.24) is 0 Å². The van der Waals surface area contributed by atoms with Crippen LogP contribution in [0.1, 0.15) is 111 Å². The lowest BCUT2D eigenvalue weighted by molar-refractivity contribution is 0.0684. The van der Waals surface area contributed by atoms with Crippen LogP contribution in [0.2, 0.25) is 0 Å². The highest BCUT2D eigenvalue weighted by Gasteiger charge is 1.99. The van der Waals surface area contributed by atoms with Crippen molar-refractivity contribution in [3.8, 4) is 0 Å². The zero-order valence-electron chi connectivity index (χ0n) is 15.7.